The number of ether oxygens (including phenoxy) is 1. The van der Waals surface area contributed by atoms with Crippen LogP contribution in [0, 0.1) is 5.95 Å². The number of nitrogens with zero attached hydrogens (tertiary/aromatic N) is 1. The molecule has 0 fully saturated rings. The molecular weight excluding hydrogens is 328 g/mol. The highest BCUT2D eigenvalue weighted by molar-refractivity contribution is 6.42. The molecule has 0 unspecified atom stereocenters. The van der Waals surface area contributed by atoms with E-state index in [-0.39, 0.29) is 21.3 Å². The van der Waals surface area contributed by atoms with Crippen LogP contribution in [0.2, 0.25) is 15.1 Å². The molecule has 1 aromatic carbocycles. The van der Waals surface area contributed by atoms with Gasteiger partial charge in [0.15, 0.2) is 5.69 Å². The molecule has 20 heavy (non-hydrogen) atoms. The first-order valence-electron chi connectivity index (χ1n) is 5.34. The van der Waals surface area contributed by atoms with Crippen molar-refractivity contribution < 1.29 is 13.9 Å². The summed E-state index contributed by atoms with van der Waals surface area (Å²) in [5, 5.41) is 0.792. The molecule has 0 amide bonds. The zero-order chi connectivity index (χ0) is 14.9. The van der Waals surface area contributed by atoms with Crippen LogP contribution in [0.15, 0.2) is 24.3 Å². The van der Waals surface area contributed by atoms with Crippen molar-refractivity contribution in [2.45, 2.75) is 0 Å². The predicted molar refractivity (Wildman–Crippen MR) is 76.0 cm³/mol. The Morgan fingerprint density at radius 1 is 1.20 bits per heavy atom. The predicted octanol–water partition coefficient (Wildman–Crippen LogP) is 4.63. The van der Waals surface area contributed by atoms with Crippen LogP contribution in [0.25, 0.3) is 11.1 Å². The highest BCUT2D eigenvalue weighted by Gasteiger charge is 2.20. The van der Waals surface area contributed by atoms with Crippen molar-refractivity contribution in [1.29, 1.82) is 0 Å². The summed E-state index contributed by atoms with van der Waals surface area (Å²) in [7, 11) is 1.17. The minimum atomic E-state index is -0.810. The fourth-order valence-electron chi connectivity index (χ4n) is 1.69. The van der Waals surface area contributed by atoms with Crippen LogP contribution in [-0.4, -0.2) is 18.1 Å². The van der Waals surface area contributed by atoms with E-state index < -0.39 is 11.9 Å². The van der Waals surface area contributed by atoms with Gasteiger partial charge in [0, 0.05) is 16.1 Å². The summed E-state index contributed by atoms with van der Waals surface area (Å²) in [6.07, 6.45) is 0. The molecule has 0 saturated heterocycles. The second-order valence-electron chi connectivity index (χ2n) is 3.77. The highest BCUT2D eigenvalue weighted by Crippen LogP contribution is 2.38. The van der Waals surface area contributed by atoms with E-state index in [1.165, 1.54) is 25.3 Å². The van der Waals surface area contributed by atoms with Crippen LogP contribution in [0.5, 0.6) is 0 Å². The number of rotatable bonds is 2. The van der Waals surface area contributed by atoms with Gasteiger partial charge in [-0.3, -0.25) is 0 Å². The van der Waals surface area contributed by atoms with Crippen molar-refractivity contribution in [1.82, 2.24) is 4.98 Å². The molecule has 0 spiro atoms. The molecule has 0 aliphatic heterocycles. The molecule has 104 valence electrons. The number of esters is 1. The van der Waals surface area contributed by atoms with Gasteiger partial charge in [0.1, 0.15) is 0 Å². The van der Waals surface area contributed by atoms with Crippen molar-refractivity contribution in [2.75, 3.05) is 7.11 Å². The molecule has 0 radical (unpaired) electrons. The summed E-state index contributed by atoms with van der Waals surface area (Å²) in [6, 6.07) is 5.39. The van der Waals surface area contributed by atoms with Crippen LogP contribution in [0.1, 0.15) is 10.5 Å². The average molecular weight is 335 g/mol. The number of hydrogen-bond donors (Lipinski definition) is 0. The minimum absolute atomic E-state index is 0.210. The summed E-state index contributed by atoms with van der Waals surface area (Å²) in [5.41, 5.74) is 0.397. The Kier molecular flexibility index (Phi) is 4.48. The quantitative estimate of drug-likeness (QED) is 0.593. The molecule has 0 bridgehead atoms. The molecular formula is C13H7Cl3FNO2. The zero-order valence-electron chi connectivity index (χ0n) is 10.1. The maximum absolute atomic E-state index is 13.2. The number of pyridine rings is 1. The SMILES string of the molecule is COC(=O)c1nc(F)ccc1-c1c(Cl)cc(Cl)cc1Cl. The molecule has 2 aromatic rings. The molecule has 2 rings (SSSR count). The molecule has 0 saturated carbocycles. The molecule has 3 nitrogen and oxygen atoms in total. The summed E-state index contributed by atoms with van der Waals surface area (Å²) >= 11 is 18.0. The molecule has 7 heteroatoms. The van der Waals surface area contributed by atoms with Crippen LogP contribution in [0.4, 0.5) is 4.39 Å². The van der Waals surface area contributed by atoms with Gasteiger partial charge in [0.05, 0.1) is 17.2 Å². The molecule has 0 atom stereocenters. The van der Waals surface area contributed by atoms with E-state index in [9.17, 15) is 9.18 Å². The normalized spacial score (nSPS) is 10.4. The van der Waals surface area contributed by atoms with Gasteiger partial charge in [-0.25, -0.2) is 9.78 Å². The van der Waals surface area contributed by atoms with Crippen LogP contribution >= 0.6 is 34.8 Å². The third-order valence-corrected chi connectivity index (χ3v) is 3.33. The standard InChI is InChI=1S/C13H7Cl3FNO2/c1-20-13(19)12-7(2-3-10(17)18-12)11-8(15)4-6(14)5-9(11)16/h2-5H,1H3. The van der Waals surface area contributed by atoms with Gasteiger partial charge in [-0.15, -0.1) is 0 Å². The van der Waals surface area contributed by atoms with Gasteiger partial charge < -0.3 is 4.74 Å². The number of benzene rings is 1. The van der Waals surface area contributed by atoms with E-state index in [2.05, 4.69) is 9.72 Å². The Bertz CT molecular complexity index is 668. The topological polar surface area (TPSA) is 39.2 Å². The fourth-order valence-corrected chi connectivity index (χ4v) is 2.71. The molecule has 1 heterocycles. The second-order valence-corrected chi connectivity index (χ2v) is 5.02. The molecule has 0 N–H and O–H groups in total. The Hall–Kier alpha value is -1.36. The van der Waals surface area contributed by atoms with E-state index >= 15 is 0 Å². The molecule has 0 aliphatic rings. The van der Waals surface area contributed by atoms with E-state index in [4.69, 9.17) is 34.8 Å². The first-order chi connectivity index (χ1) is 9.43. The summed E-state index contributed by atoms with van der Waals surface area (Å²) in [6.45, 7) is 0. The zero-order valence-corrected chi connectivity index (χ0v) is 12.4. The van der Waals surface area contributed by atoms with Crippen molar-refractivity contribution in [3.8, 4) is 11.1 Å². The summed E-state index contributed by atoms with van der Waals surface area (Å²) in [5.74, 6) is -1.60. The lowest BCUT2D eigenvalue weighted by Crippen LogP contribution is -2.08. The average Bonchev–Trinajstić information content (AvgIpc) is 2.38. The Balaban J connectivity index is 2.73. The second kappa shape index (κ2) is 5.95. The van der Waals surface area contributed by atoms with Crippen LogP contribution < -0.4 is 0 Å². The first-order valence-corrected chi connectivity index (χ1v) is 6.47. The number of halogens is 4. The third kappa shape index (κ3) is 2.87. The fraction of sp³-hybridized carbons (Fsp3) is 0.0769. The van der Waals surface area contributed by atoms with Crippen LogP contribution in [-0.2, 0) is 4.74 Å². The molecule has 1 aromatic heterocycles. The number of carbonyl (C=O) groups excluding carboxylic acids is 1. The van der Waals surface area contributed by atoms with E-state index in [1.54, 1.807) is 0 Å². The number of hydrogen-bond acceptors (Lipinski definition) is 3. The van der Waals surface area contributed by atoms with Gasteiger partial charge >= 0.3 is 5.97 Å². The Morgan fingerprint density at radius 3 is 2.35 bits per heavy atom. The minimum Gasteiger partial charge on any atom is -0.464 e. The van der Waals surface area contributed by atoms with Gasteiger partial charge in [0.25, 0.3) is 0 Å². The Labute approximate surface area is 129 Å². The van der Waals surface area contributed by atoms with Crippen LogP contribution in [0.3, 0.4) is 0 Å². The number of aromatic nitrogens is 1. The largest absolute Gasteiger partial charge is 0.464 e. The van der Waals surface area contributed by atoms with E-state index in [1.807, 2.05) is 0 Å². The van der Waals surface area contributed by atoms with Gasteiger partial charge in [0.2, 0.25) is 5.95 Å². The van der Waals surface area contributed by atoms with Gasteiger partial charge in [-0.05, 0) is 24.3 Å². The lowest BCUT2D eigenvalue weighted by Gasteiger charge is -2.11. The van der Waals surface area contributed by atoms with E-state index in [0.29, 0.717) is 10.6 Å². The third-order valence-electron chi connectivity index (χ3n) is 2.52. The lowest BCUT2D eigenvalue weighted by molar-refractivity contribution is 0.0593. The summed E-state index contributed by atoms with van der Waals surface area (Å²) in [4.78, 5) is 15.2. The van der Waals surface area contributed by atoms with Gasteiger partial charge in [-0.1, -0.05) is 34.8 Å². The van der Waals surface area contributed by atoms with Crippen molar-refractivity contribution >= 4 is 40.8 Å². The van der Waals surface area contributed by atoms with Gasteiger partial charge in [-0.2, -0.15) is 4.39 Å². The lowest BCUT2D eigenvalue weighted by atomic mass is 10.0. The smallest absolute Gasteiger partial charge is 0.357 e. The maximum Gasteiger partial charge on any atom is 0.357 e. The number of carbonyl (C=O) groups is 1. The monoisotopic (exact) mass is 333 g/mol. The Morgan fingerprint density at radius 2 is 1.80 bits per heavy atom. The number of methoxy groups -OCH3 is 1. The van der Waals surface area contributed by atoms with Crippen molar-refractivity contribution in [3.05, 3.63) is 51.0 Å². The van der Waals surface area contributed by atoms with Crippen molar-refractivity contribution in [2.24, 2.45) is 0 Å². The summed E-state index contributed by atoms with van der Waals surface area (Å²) < 4.78 is 17.8. The van der Waals surface area contributed by atoms with E-state index in [0.717, 1.165) is 6.07 Å². The maximum atomic E-state index is 13.2. The molecule has 0 aliphatic carbocycles. The van der Waals surface area contributed by atoms with Crippen molar-refractivity contribution in [3.63, 3.8) is 0 Å². The first kappa shape index (κ1) is 15.0. The highest BCUT2D eigenvalue weighted by atomic mass is 35.5.